The van der Waals surface area contributed by atoms with E-state index in [1.165, 1.54) is 0 Å². The molecule has 26 heavy (non-hydrogen) atoms. The summed E-state index contributed by atoms with van der Waals surface area (Å²) in [6.07, 6.45) is 0.536. The van der Waals surface area contributed by atoms with E-state index in [-0.39, 0.29) is 6.42 Å². The molecule has 8 heteroatoms. The van der Waals surface area contributed by atoms with Crippen LogP contribution in [0.3, 0.4) is 0 Å². The van der Waals surface area contributed by atoms with Crippen LogP contribution in [0.15, 0.2) is 36.5 Å². The van der Waals surface area contributed by atoms with E-state index in [1.54, 1.807) is 35.1 Å². The van der Waals surface area contributed by atoms with Crippen LogP contribution in [0.1, 0.15) is 35.3 Å². The topological polar surface area (TPSA) is 84.2 Å². The Morgan fingerprint density at radius 2 is 1.96 bits per heavy atom. The first-order chi connectivity index (χ1) is 12.2. The quantitative estimate of drug-likeness (QED) is 0.875. The number of rotatable bonds is 4. The molecule has 2 atom stereocenters. The van der Waals surface area contributed by atoms with Gasteiger partial charge in [-0.25, -0.2) is 13.5 Å². The number of benzene rings is 1. The number of hydrogen-bond acceptors (Lipinski definition) is 3. The number of halogens is 2. The van der Waals surface area contributed by atoms with E-state index in [1.807, 2.05) is 13.0 Å². The van der Waals surface area contributed by atoms with Crippen molar-refractivity contribution in [1.29, 1.82) is 0 Å². The van der Waals surface area contributed by atoms with Gasteiger partial charge in [0.15, 0.2) is 0 Å². The summed E-state index contributed by atoms with van der Waals surface area (Å²) >= 11 is 0. The SMILES string of the molecule is Cc1ccn(-c2ccc(C(=O)NC3CCC(F)(F)CC3C(=O)O)cc2)n1. The Bertz CT molecular complexity index is 817. The molecule has 0 saturated heterocycles. The summed E-state index contributed by atoms with van der Waals surface area (Å²) in [6.45, 7) is 1.87. The molecule has 0 spiro atoms. The number of carbonyl (C=O) groups excluding carboxylic acids is 1. The van der Waals surface area contributed by atoms with E-state index >= 15 is 0 Å². The van der Waals surface area contributed by atoms with Crippen molar-refractivity contribution >= 4 is 11.9 Å². The van der Waals surface area contributed by atoms with Crippen molar-refractivity contribution < 1.29 is 23.5 Å². The number of aryl methyl sites for hydroxylation is 1. The monoisotopic (exact) mass is 363 g/mol. The third-order valence-electron chi connectivity index (χ3n) is 4.58. The summed E-state index contributed by atoms with van der Waals surface area (Å²) in [6, 6.07) is 7.65. The number of carboxylic acids is 1. The molecule has 3 rings (SSSR count). The maximum Gasteiger partial charge on any atom is 0.308 e. The molecule has 1 fully saturated rings. The number of alkyl halides is 2. The molecule has 6 nitrogen and oxygen atoms in total. The van der Waals surface area contributed by atoms with Crippen LogP contribution >= 0.6 is 0 Å². The average Bonchev–Trinajstić information content (AvgIpc) is 3.02. The number of aliphatic carboxylic acids is 1. The van der Waals surface area contributed by atoms with Crippen molar-refractivity contribution in [3.05, 3.63) is 47.8 Å². The van der Waals surface area contributed by atoms with Crippen LogP contribution in [0.5, 0.6) is 0 Å². The van der Waals surface area contributed by atoms with E-state index in [4.69, 9.17) is 0 Å². The number of hydrogen-bond donors (Lipinski definition) is 2. The third-order valence-corrected chi connectivity index (χ3v) is 4.58. The lowest BCUT2D eigenvalue weighted by molar-refractivity contribution is -0.150. The molecular weight excluding hydrogens is 344 g/mol. The fourth-order valence-electron chi connectivity index (χ4n) is 3.14. The van der Waals surface area contributed by atoms with E-state index in [0.29, 0.717) is 5.56 Å². The highest BCUT2D eigenvalue weighted by Crippen LogP contribution is 2.37. The molecule has 1 aromatic heterocycles. The van der Waals surface area contributed by atoms with Gasteiger partial charge in [0.25, 0.3) is 5.91 Å². The van der Waals surface area contributed by atoms with Crippen molar-refractivity contribution in [2.75, 3.05) is 0 Å². The minimum absolute atomic E-state index is 0.0691. The van der Waals surface area contributed by atoms with Crippen molar-refractivity contribution in [3.8, 4) is 5.69 Å². The minimum atomic E-state index is -3.01. The molecule has 1 heterocycles. The van der Waals surface area contributed by atoms with Crippen molar-refractivity contribution in [2.24, 2.45) is 5.92 Å². The van der Waals surface area contributed by atoms with Gasteiger partial charge in [-0.3, -0.25) is 9.59 Å². The van der Waals surface area contributed by atoms with E-state index in [0.717, 1.165) is 11.4 Å². The van der Waals surface area contributed by atoms with Crippen LogP contribution in [-0.2, 0) is 4.79 Å². The largest absolute Gasteiger partial charge is 0.481 e. The summed E-state index contributed by atoms with van der Waals surface area (Å²) < 4.78 is 28.6. The molecule has 2 unspecified atom stereocenters. The Labute approximate surface area is 148 Å². The normalized spacial score (nSPS) is 22.0. The summed E-state index contributed by atoms with van der Waals surface area (Å²) in [5.74, 6) is -6.10. The van der Waals surface area contributed by atoms with Crippen molar-refractivity contribution in [3.63, 3.8) is 0 Å². The van der Waals surface area contributed by atoms with Crippen molar-refractivity contribution in [1.82, 2.24) is 15.1 Å². The number of nitrogens with one attached hydrogen (secondary N) is 1. The summed E-state index contributed by atoms with van der Waals surface area (Å²) in [5.41, 5.74) is 1.97. The van der Waals surface area contributed by atoms with Crippen molar-refractivity contribution in [2.45, 2.75) is 38.2 Å². The zero-order valence-corrected chi connectivity index (χ0v) is 14.2. The molecule has 1 aliphatic rings. The zero-order valence-electron chi connectivity index (χ0n) is 14.2. The second-order valence-electron chi connectivity index (χ2n) is 6.57. The first-order valence-electron chi connectivity index (χ1n) is 8.29. The highest BCUT2D eigenvalue weighted by molar-refractivity contribution is 5.94. The van der Waals surface area contributed by atoms with E-state index in [2.05, 4.69) is 10.4 Å². The Morgan fingerprint density at radius 3 is 2.54 bits per heavy atom. The molecule has 138 valence electrons. The smallest absolute Gasteiger partial charge is 0.308 e. The fraction of sp³-hybridized carbons (Fsp3) is 0.389. The predicted octanol–water partition coefficient (Wildman–Crippen LogP) is 2.80. The maximum atomic E-state index is 13.5. The lowest BCUT2D eigenvalue weighted by atomic mass is 9.82. The molecule has 1 amide bonds. The number of amides is 1. The van der Waals surface area contributed by atoms with Crippen LogP contribution in [0.4, 0.5) is 8.78 Å². The molecule has 1 aliphatic carbocycles. The Morgan fingerprint density at radius 1 is 1.27 bits per heavy atom. The molecule has 0 radical (unpaired) electrons. The highest BCUT2D eigenvalue weighted by atomic mass is 19.3. The van der Waals surface area contributed by atoms with Gasteiger partial charge in [0.2, 0.25) is 5.92 Å². The van der Waals surface area contributed by atoms with Gasteiger partial charge < -0.3 is 10.4 Å². The number of nitrogens with zero attached hydrogens (tertiary/aromatic N) is 2. The van der Waals surface area contributed by atoms with Gasteiger partial charge in [0.1, 0.15) is 0 Å². The number of carboxylic acid groups (broad SMARTS) is 1. The summed E-state index contributed by atoms with van der Waals surface area (Å²) in [4.78, 5) is 23.7. The molecule has 1 saturated carbocycles. The van der Waals surface area contributed by atoms with Gasteiger partial charge in [0.05, 0.1) is 17.3 Å². The highest BCUT2D eigenvalue weighted by Gasteiger charge is 2.45. The first-order valence-corrected chi connectivity index (χ1v) is 8.29. The standard InChI is InChI=1S/C18H19F2N3O3/c1-11-7-9-23(22-11)13-4-2-12(3-5-13)16(24)21-15-6-8-18(19,20)10-14(15)17(25)26/h2-5,7,9,14-15H,6,8,10H2,1H3,(H,21,24)(H,25,26). The van der Waals surface area contributed by atoms with E-state index in [9.17, 15) is 23.5 Å². The summed E-state index contributed by atoms with van der Waals surface area (Å²) in [7, 11) is 0. The molecule has 0 aliphatic heterocycles. The fourth-order valence-corrected chi connectivity index (χ4v) is 3.14. The predicted molar refractivity (Wildman–Crippen MR) is 89.5 cm³/mol. The molecule has 2 N–H and O–H groups in total. The summed E-state index contributed by atoms with van der Waals surface area (Å²) in [5, 5.41) is 16.1. The lowest BCUT2D eigenvalue weighted by Crippen LogP contribution is -2.49. The zero-order chi connectivity index (χ0) is 18.9. The maximum absolute atomic E-state index is 13.5. The second kappa shape index (κ2) is 6.86. The minimum Gasteiger partial charge on any atom is -0.481 e. The van der Waals surface area contributed by atoms with Crippen LogP contribution < -0.4 is 5.32 Å². The average molecular weight is 363 g/mol. The molecule has 2 aromatic rings. The van der Waals surface area contributed by atoms with Crippen LogP contribution in [0.25, 0.3) is 5.69 Å². The van der Waals surface area contributed by atoms with Gasteiger partial charge in [-0.05, 0) is 43.7 Å². The van der Waals surface area contributed by atoms with Gasteiger partial charge in [-0.1, -0.05) is 0 Å². The van der Waals surface area contributed by atoms with Crippen LogP contribution in [0.2, 0.25) is 0 Å². The number of carbonyl (C=O) groups is 2. The lowest BCUT2D eigenvalue weighted by Gasteiger charge is -2.34. The molecule has 1 aromatic carbocycles. The van der Waals surface area contributed by atoms with Gasteiger partial charge in [0, 0.05) is 30.6 Å². The first kappa shape index (κ1) is 18.0. The Kier molecular flexibility index (Phi) is 4.76. The molecular formula is C18H19F2N3O3. The van der Waals surface area contributed by atoms with Gasteiger partial charge in [-0.15, -0.1) is 0 Å². The third kappa shape index (κ3) is 3.89. The Balaban J connectivity index is 1.70. The van der Waals surface area contributed by atoms with Crippen LogP contribution in [-0.4, -0.2) is 38.7 Å². The second-order valence-corrected chi connectivity index (χ2v) is 6.57. The van der Waals surface area contributed by atoms with Gasteiger partial charge in [-0.2, -0.15) is 5.10 Å². The van der Waals surface area contributed by atoms with Gasteiger partial charge >= 0.3 is 5.97 Å². The van der Waals surface area contributed by atoms with Crippen LogP contribution in [0, 0.1) is 12.8 Å². The Hall–Kier alpha value is -2.77. The van der Waals surface area contributed by atoms with E-state index < -0.39 is 42.6 Å². The molecule has 0 bridgehead atoms. The number of aromatic nitrogens is 2.